The van der Waals surface area contributed by atoms with E-state index in [2.05, 4.69) is 10.6 Å². The maximum atomic E-state index is 12.1. The minimum Gasteiger partial charge on any atom is -0.480 e. The van der Waals surface area contributed by atoms with Crippen LogP contribution in [0.5, 0.6) is 0 Å². The van der Waals surface area contributed by atoms with E-state index in [1.54, 1.807) is 0 Å². The topological polar surface area (TPSA) is 102 Å². The Labute approximate surface area is 141 Å². The highest BCUT2D eigenvalue weighted by Crippen LogP contribution is 2.30. The van der Waals surface area contributed by atoms with E-state index in [0.717, 1.165) is 25.7 Å². The lowest BCUT2D eigenvalue weighted by atomic mass is 9.85. The molecule has 8 nitrogen and oxygen atoms in total. The van der Waals surface area contributed by atoms with E-state index >= 15 is 0 Å². The summed E-state index contributed by atoms with van der Waals surface area (Å²) in [6.45, 7) is 3.30. The van der Waals surface area contributed by atoms with Gasteiger partial charge >= 0.3 is 12.0 Å². The van der Waals surface area contributed by atoms with Crippen LogP contribution in [0.3, 0.4) is 0 Å². The van der Waals surface area contributed by atoms with Gasteiger partial charge in [0.2, 0.25) is 5.91 Å². The maximum absolute atomic E-state index is 12.1. The van der Waals surface area contributed by atoms with Crippen LogP contribution in [0, 0.1) is 0 Å². The van der Waals surface area contributed by atoms with E-state index in [-0.39, 0.29) is 36.6 Å². The van der Waals surface area contributed by atoms with Crippen LogP contribution in [0.4, 0.5) is 4.79 Å². The molecule has 2 saturated carbocycles. The van der Waals surface area contributed by atoms with Gasteiger partial charge in [-0.25, -0.2) is 4.79 Å². The van der Waals surface area contributed by atoms with Crippen molar-refractivity contribution in [3.8, 4) is 0 Å². The monoisotopic (exact) mass is 338 g/mol. The first-order valence-corrected chi connectivity index (χ1v) is 8.78. The molecule has 1 heterocycles. The predicted octanol–water partition coefficient (Wildman–Crippen LogP) is -0.0136. The number of likely N-dealkylation sites (N-methyl/N-ethyl adjacent to an activating group) is 1. The Morgan fingerprint density at radius 3 is 2.50 bits per heavy atom. The molecule has 8 heteroatoms. The van der Waals surface area contributed by atoms with E-state index in [1.807, 2.05) is 16.7 Å². The summed E-state index contributed by atoms with van der Waals surface area (Å²) in [4.78, 5) is 38.6. The first-order chi connectivity index (χ1) is 11.5. The number of carboxylic acids is 1. The summed E-state index contributed by atoms with van der Waals surface area (Å²) in [6.07, 6.45) is 4.09. The lowest BCUT2D eigenvalue weighted by molar-refractivity contribution is -0.139. The van der Waals surface area contributed by atoms with E-state index in [4.69, 9.17) is 5.11 Å². The Bertz CT molecular complexity index is 516. The number of carbonyl (C=O) groups excluding carboxylic acids is 2. The van der Waals surface area contributed by atoms with Gasteiger partial charge in [0.1, 0.15) is 0 Å². The van der Waals surface area contributed by atoms with Crippen molar-refractivity contribution in [2.75, 3.05) is 19.6 Å². The summed E-state index contributed by atoms with van der Waals surface area (Å²) in [5, 5.41) is 14.7. The van der Waals surface area contributed by atoms with Crippen LogP contribution >= 0.6 is 0 Å². The summed E-state index contributed by atoms with van der Waals surface area (Å²) >= 11 is 0. The molecule has 0 spiro atoms. The number of aliphatic carboxylic acids is 1. The van der Waals surface area contributed by atoms with Crippen molar-refractivity contribution in [2.45, 2.75) is 63.2 Å². The molecule has 0 radical (unpaired) electrons. The number of carbonyl (C=O) groups is 3. The molecule has 0 aromatic rings. The van der Waals surface area contributed by atoms with Crippen LogP contribution in [0.1, 0.15) is 39.0 Å². The van der Waals surface area contributed by atoms with Gasteiger partial charge in [-0.15, -0.1) is 0 Å². The second-order valence-corrected chi connectivity index (χ2v) is 7.08. The molecule has 1 saturated heterocycles. The fourth-order valence-electron chi connectivity index (χ4n) is 3.66. The number of nitrogens with one attached hydrogen (secondary N) is 2. The summed E-state index contributed by atoms with van der Waals surface area (Å²) in [6, 6.07) is 0.363. The zero-order chi connectivity index (χ0) is 17.3. The van der Waals surface area contributed by atoms with Crippen molar-refractivity contribution in [3.63, 3.8) is 0 Å². The zero-order valence-electron chi connectivity index (χ0n) is 14.0. The van der Waals surface area contributed by atoms with Gasteiger partial charge in [0.15, 0.2) is 0 Å². The molecule has 0 aromatic carbocycles. The van der Waals surface area contributed by atoms with Crippen LogP contribution < -0.4 is 10.6 Å². The maximum Gasteiger partial charge on any atom is 0.317 e. The number of carboxylic acid groups (broad SMARTS) is 1. The normalized spacial score (nSPS) is 29.5. The summed E-state index contributed by atoms with van der Waals surface area (Å²) in [7, 11) is 0. The Hall–Kier alpha value is -1.83. The van der Waals surface area contributed by atoms with Gasteiger partial charge in [0.25, 0.3) is 0 Å². The summed E-state index contributed by atoms with van der Waals surface area (Å²) < 4.78 is 0. The fourth-order valence-corrected chi connectivity index (χ4v) is 3.66. The van der Waals surface area contributed by atoms with Gasteiger partial charge in [0.05, 0.1) is 12.6 Å². The zero-order valence-corrected chi connectivity index (χ0v) is 14.0. The molecular formula is C16H26N4O4. The van der Waals surface area contributed by atoms with Gasteiger partial charge < -0.3 is 20.6 Å². The third-order valence-electron chi connectivity index (χ3n) is 5.19. The second-order valence-electron chi connectivity index (χ2n) is 7.08. The highest BCUT2D eigenvalue weighted by Gasteiger charge is 2.40. The molecular weight excluding hydrogens is 312 g/mol. The average molecular weight is 338 g/mol. The third kappa shape index (κ3) is 3.98. The molecule has 3 fully saturated rings. The van der Waals surface area contributed by atoms with Crippen molar-refractivity contribution in [3.05, 3.63) is 0 Å². The van der Waals surface area contributed by atoms with Crippen LogP contribution in [-0.4, -0.2) is 76.6 Å². The molecule has 3 N–H and O–H groups in total. The van der Waals surface area contributed by atoms with Gasteiger partial charge in [0, 0.05) is 31.1 Å². The van der Waals surface area contributed by atoms with Crippen molar-refractivity contribution >= 4 is 17.9 Å². The number of nitrogens with zero attached hydrogens (tertiary/aromatic N) is 2. The van der Waals surface area contributed by atoms with Crippen LogP contribution in [-0.2, 0) is 9.59 Å². The minimum absolute atomic E-state index is 0.0429. The number of urea groups is 1. The summed E-state index contributed by atoms with van der Waals surface area (Å²) in [5.41, 5.74) is 0. The molecule has 3 amide bonds. The number of amides is 3. The first kappa shape index (κ1) is 17.0. The van der Waals surface area contributed by atoms with E-state index < -0.39 is 5.97 Å². The average Bonchev–Trinajstić information content (AvgIpc) is 3.24. The SMILES string of the molecule is CCN(CC(=O)O)C1CC(NC(=O)NC2CC(=O)N(C3CC3)C2)C1. The first-order valence-electron chi connectivity index (χ1n) is 8.78. The lowest BCUT2D eigenvalue weighted by Crippen LogP contribution is -2.57. The van der Waals surface area contributed by atoms with Crippen molar-refractivity contribution < 1.29 is 19.5 Å². The summed E-state index contributed by atoms with van der Waals surface area (Å²) in [5.74, 6) is -0.684. The van der Waals surface area contributed by atoms with Gasteiger partial charge in [-0.1, -0.05) is 6.92 Å². The molecule has 134 valence electrons. The fraction of sp³-hybridized carbons (Fsp3) is 0.812. The molecule has 0 bridgehead atoms. The molecule has 1 atom stereocenters. The third-order valence-corrected chi connectivity index (χ3v) is 5.19. The Kier molecular flexibility index (Phi) is 4.93. The van der Waals surface area contributed by atoms with Crippen molar-refractivity contribution in [1.82, 2.24) is 20.4 Å². The van der Waals surface area contributed by atoms with Crippen molar-refractivity contribution in [2.24, 2.45) is 0 Å². The van der Waals surface area contributed by atoms with Crippen LogP contribution in [0.15, 0.2) is 0 Å². The standard InChI is InChI=1S/C16H26N4O4/c1-2-19(9-15(22)23)13-5-10(6-13)17-16(24)18-11-7-14(21)20(8-11)12-3-4-12/h10-13H,2-9H2,1H3,(H,22,23)(H2,17,18,24). The van der Waals surface area contributed by atoms with E-state index in [0.29, 0.717) is 25.6 Å². The highest BCUT2D eigenvalue weighted by molar-refractivity contribution is 5.82. The Morgan fingerprint density at radius 1 is 1.25 bits per heavy atom. The largest absolute Gasteiger partial charge is 0.480 e. The Morgan fingerprint density at radius 2 is 1.92 bits per heavy atom. The van der Waals surface area contributed by atoms with Crippen molar-refractivity contribution in [1.29, 1.82) is 0 Å². The quantitative estimate of drug-likeness (QED) is 0.606. The Balaban J connectivity index is 1.36. The van der Waals surface area contributed by atoms with Gasteiger partial charge in [-0.2, -0.15) is 0 Å². The van der Waals surface area contributed by atoms with E-state index in [1.165, 1.54) is 0 Å². The molecule has 24 heavy (non-hydrogen) atoms. The molecule has 3 aliphatic rings. The van der Waals surface area contributed by atoms with E-state index in [9.17, 15) is 14.4 Å². The van der Waals surface area contributed by atoms with Crippen LogP contribution in [0.25, 0.3) is 0 Å². The predicted molar refractivity (Wildman–Crippen MR) is 86.5 cm³/mol. The highest BCUT2D eigenvalue weighted by atomic mass is 16.4. The molecule has 3 rings (SSSR count). The minimum atomic E-state index is -0.822. The van der Waals surface area contributed by atoms with Crippen LogP contribution in [0.2, 0.25) is 0 Å². The number of rotatable bonds is 7. The molecule has 0 aromatic heterocycles. The number of hydrogen-bond donors (Lipinski definition) is 3. The second kappa shape index (κ2) is 6.96. The molecule has 1 unspecified atom stereocenters. The number of hydrogen-bond acceptors (Lipinski definition) is 4. The lowest BCUT2D eigenvalue weighted by Gasteiger charge is -2.42. The van der Waals surface area contributed by atoms with Gasteiger partial charge in [-0.05, 0) is 32.2 Å². The van der Waals surface area contributed by atoms with Gasteiger partial charge in [-0.3, -0.25) is 14.5 Å². The molecule has 2 aliphatic carbocycles. The molecule has 1 aliphatic heterocycles. The number of likely N-dealkylation sites (tertiary alicyclic amines) is 1. The smallest absolute Gasteiger partial charge is 0.317 e.